The molecule has 39 heavy (non-hydrogen) atoms. The Morgan fingerprint density at radius 1 is 0.564 bits per heavy atom. The Hall–Kier alpha value is -4.42. The van der Waals surface area contributed by atoms with Gasteiger partial charge in [0.25, 0.3) is 0 Å². The van der Waals surface area contributed by atoms with Crippen molar-refractivity contribution in [3.05, 3.63) is 156 Å². The van der Waals surface area contributed by atoms with E-state index in [4.69, 9.17) is 0 Å². The van der Waals surface area contributed by atoms with Crippen LogP contribution in [-0.2, 0) is 12.8 Å². The molecule has 0 saturated heterocycles. The van der Waals surface area contributed by atoms with Crippen LogP contribution in [0.4, 0.5) is 0 Å². The van der Waals surface area contributed by atoms with E-state index in [1.165, 1.54) is 72.8 Å². The molecule has 0 N–H and O–H groups in total. The van der Waals surface area contributed by atoms with E-state index in [-0.39, 0.29) is 0 Å². The second-order valence-electron chi connectivity index (χ2n) is 11.0. The first-order valence-corrected chi connectivity index (χ1v) is 14.1. The minimum Gasteiger partial charge on any atom is -0.0622 e. The lowest BCUT2D eigenvalue weighted by molar-refractivity contribution is 0.616. The van der Waals surface area contributed by atoms with Gasteiger partial charge in [0.2, 0.25) is 0 Å². The molecule has 0 spiro atoms. The van der Waals surface area contributed by atoms with E-state index in [1.54, 1.807) is 0 Å². The molecule has 188 valence electrons. The lowest BCUT2D eigenvalue weighted by Crippen LogP contribution is -2.12. The highest BCUT2D eigenvalue weighted by molar-refractivity contribution is 5.99. The van der Waals surface area contributed by atoms with Crippen LogP contribution in [0.3, 0.4) is 0 Å². The van der Waals surface area contributed by atoms with E-state index in [0.29, 0.717) is 5.92 Å². The maximum Gasteiger partial charge on any atom is -0.00992 e. The topological polar surface area (TPSA) is 0 Å². The van der Waals surface area contributed by atoms with E-state index in [2.05, 4.69) is 140 Å². The minimum atomic E-state index is 0.532. The van der Waals surface area contributed by atoms with Crippen LogP contribution in [0.1, 0.15) is 34.6 Å². The number of benzene rings is 6. The van der Waals surface area contributed by atoms with Crippen molar-refractivity contribution in [3.8, 4) is 33.4 Å². The van der Waals surface area contributed by atoms with Gasteiger partial charge in [-0.05, 0) is 99.0 Å². The standard InChI is InChI=1S/C39H32/c1-27-14-17-29(18-15-27)31-21-20-30-10-7-13-36(39(30)26-31)33-22-23-37-34(25-33)24-32(35-11-5-6-12-38(35)37)19-16-28-8-3-2-4-9-28/h2-15,17-18,20-23,25-26,32H,16,19,24H2,1H3. The van der Waals surface area contributed by atoms with E-state index in [9.17, 15) is 0 Å². The van der Waals surface area contributed by atoms with Crippen molar-refractivity contribution in [2.75, 3.05) is 0 Å². The van der Waals surface area contributed by atoms with Crippen LogP contribution in [0, 0.1) is 6.92 Å². The van der Waals surface area contributed by atoms with Gasteiger partial charge < -0.3 is 0 Å². The van der Waals surface area contributed by atoms with Gasteiger partial charge in [-0.2, -0.15) is 0 Å². The van der Waals surface area contributed by atoms with Crippen molar-refractivity contribution in [2.24, 2.45) is 0 Å². The first kappa shape index (κ1) is 23.7. The van der Waals surface area contributed by atoms with Crippen molar-refractivity contribution >= 4 is 10.8 Å². The normalized spacial score (nSPS) is 14.1. The minimum absolute atomic E-state index is 0.532. The molecule has 0 radical (unpaired) electrons. The summed E-state index contributed by atoms with van der Waals surface area (Å²) in [5, 5.41) is 2.60. The molecule has 6 aromatic carbocycles. The molecule has 1 aliphatic carbocycles. The number of aryl methyl sites for hydroxylation is 2. The molecule has 0 fully saturated rings. The molecule has 0 heteroatoms. The maximum absolute atomic E-state index is 2.47. The molecule has 0 heterocycles. The fourth-order valence-electron chi connectivity index (χ4n) is 6.36. The molecule has 7 rings (SSSR count). The number of rotatable bonds is 5. The summed E-state index contributed by atoms with van der Waals surface area (Å²) in [5.74, 6) is 0.532. The van der Waals surface area contributed by atoms with Gasteiger partial charge in [0, 0.05) is 0 Å². The number of hydrogen-bond donors (Lipinski definition) is 0. The van der Waals surface area contributed by atoms with Gasteiger partial charge in [-0.3, -0.25) is 0 Å². The van der Waals surface area contributed by atoms with Crippen molar-refractivity contribution in [1.82, 2.24) is 0 Å². The van der Waals surface area contributed by atoms with Crippen molar-refractivity contribution in [1.29, 1.82) is 0 Å². The summed E-state index contributed by atoms with van der Waals surface area (Å²) in [7, 11) is 0. The third-order valence-corrected chi connectivity index (χ3v) is 8.46. The van der Waals surface area contributed by atoms with Gasteiger partial charge in [-0.25, -0.2) is 0 Å². The monoisotopic (exact) mass is 500 g/mol. The maximum atomic E-state index is 2.47. The summed E-state index contributed by atoms with van der Waals surface area (Å²) in [6.45, 7) is 2.14. The zero-order valence-electron chi connectivity index (χ0n) is 22.4. The highest BCUT2D eigenvalue weighted by Gasteiger charge is 2.24. The smallest absolute Gasteiger partial charge is 0.00992 e. The first-order valence-electron chi connectivity index (χ1n) is 14.1. The highest BCUT2D eigenvalue weighted by atomic mass is 14.3. The molecule has 1 aliphatic rings. The summed E-state index contributed by atoms with van der Waals surface area (Å²) < 4.78 is 0. The van der Waals surface area contributed by atoms with Gasteiger partial charge in [0.1, 0.15) is 0 Å². The van der Waals surface area contributed by atoms with Crippen LogP contribution in [0.15, 0.2) is 133 Å². The summed E-state index contributed by atoms with van der Waals surface area (Å²) in [6.07, 6.45) is 3.37. The molecule has 0 aromatic heterocycles. The SMILES string of the molecule is Cc1ccc(-c2ccc3cccc(-c4ccc5c(c4)CC(CCc4ccccc4)c4ccccc4-5)c3c2)cc1. The fourth-order valence-corrected chi connectivity index (χ4v) is 6.36. The number of hydrogen-bond acceptors (Lipinski definition) is 0. The van der Waals surface area contributed by atoms with Gasteiger partial charge >= 0.3 is 0 Å². The quantitative estimate of drug-likeness (QED) is 0.221. The zero-order valence-corrected chi connectivity index (χ0v) is 22.4. The largest absolute Gasteiger partial charge is 0.0622 e. The van der Waals surface area contributed by atoms with Crippen LogP contribution >= 0.6 is 0 Å². The van der Waals surface area contributed by atoms with Gasteiger partial charge in [0.05, 0.1) is 0 Å². The average molecular weight is 501 g/mol. The Morgan fingerprint density at radius 3 is 2.18 bits per heavy atom. The summed E-state index contributed by atoms with van der Waals surface area (Å²) in [6, 6.07) is 49.6. The molecular formula is C39H32. The molecule has 0 aliphatic heterocycles. The number of fused-ring (bicyclic) bond motifs is 4. The molecule has 0 amide bonds. The third-order valence-electron chi connectivity index (χ3n) is 8.46. The first-order chi connectivity index (χ1) is 19.2. The second kappa shape index (κ2) is 10.0. The van der Waals surface area contributed by atoms with Gasteiger partial charge in [0.15, 0.2) is 0 Å². The van der Waals surface area contributed by atoms with Crippen molar-refractivity contribution in [3.63, 3.8) is 0 Å². The van der Waals surface area contributed by atoms with Crippen LogP contribution in [0.5, 0.6) is 0 Å². The van der Waals surface area contributed by atoms with E-state index < -0.39 is 0 Å². The third kappa shape index (κ3) is 4.57. The Labute approximate surface area is 231 Å². The van der Waals surface area contributed by atoms with Crippen molar-refractivity contribution < 1.29 is 0 Å². The van der Waals surface area contributed by atoms with Crippen LogP contribution < -0.4 is 0 Å². The van der Waals surface area contributed by atoms with E-state index in [1.807, 2.05) is 0 Å². The molecule has 0 nitrogen and oxygen atoms in total. The lowest BCUT2D eigenvalue weighted by Gasteiger charge is -2.28. The van der Waals surface area contributed by atoms with Gasteiger partial charge in [-0.15, -0.1) is 0 Å². The average Bonchev–Trinajstić information content (AvgIpc) is 3.00. The van der Waals surface area contributed by atoms with Crippen LogP contribution in [-0.4, -0.2) is 0 Å². The molecule has 0 saturated carbocycles. The van der Waals surface area contributed by atoms with E-state index in [0.717, 1.165) is 12.8 Å². The Bertz CT molecular complexity index is 1770. The second-order valence-corrected chi connectivity index (χ2v) is 11.0. The molecular weight excluding hydrogens is 468 g/mol. The Kier molecular flexibility index (Phi) is 6.10. The highest BCUT2D eigenvalue weighted by Crippen LogP contribution is 2.43. The molecule has 1 atom stereocenters. The predicted octanol–water partition coefficient (Wildman–Crippen LogP) is 10.4. The summed E-state index contributed by atoms with van der Waals surface area (Å²) in [4.78, 5) is 0. The van der Waals surface area contributed by atoms with Crippen LogP contribution in [0.25, 0.3) is 44.2 Å². The van der Waals surface area contributed by atoms with Crippen LogP contribution in [0.2, 0.25) is 0 Å². The predicted molar refractivity (Wildman–Crippen MR) is 166 cm³/mol. The Morgan fingerprint density at radius 2 is 1.31 bits per heavy atom. The molecule has 0 bridgehead atoms. The molecule has 1 unspecified atom stereocenters. The summed E-state index contributed by atoms with van der Waals surface area (Å²) in [5.41, 5.74) is 13.6. The van der Waals surface area contributed by atoms with Gasteiger partial charge in [-0.1, -0.05) is 133 Å². The summed E-state index contributed by atoms with van der Waals surface area (Å²) >= 11 is 0. The Balaban J connectivity index is 1.28. The fraction of sp³-hybridized carbons (Fsp3) is 0.128. The zero-order chi connectivity index (χ0) is 26.2. The molecule has 6 aromatic rings. The lowest BCUT2D eigenvalue weighted by atomic mass is 9.76. The van der Waals surface area contributed by atoms with E-state index >= 15 is 0 Å². The van der Waals surface area contributed by atoms with Crippen molar-refractivity contribution in [2.45, 2.75) is 32.1 Å².